The highest BCUT2D eigenvalue weighted by Gasteiger charge is 2.11. The smallest absolute Gasteiger partial charge is 0.257 e. The third-order valence-electron chi connectivity index (χ3n) is 3.01. The van der Waals surface area contributed by atoms with Gasteiger partial charge in [-0.15, -0.1) is 10.2 Å². The van der Waals surface area contributed by atoms with Crippen LogP contribution in [0.2, 0.25) is 5.02 Å². The molecule has 4 nitrogen and oxygen atoms in total. The number of rotatable bonds is 5. The van der Waals surface area contributed by atoms with Gasteiger partial charge < -0.3 is 0 Å². The summed E-state index contributed by atoms with van der Waals surface area (Å²) in [6.45, 7) is 0. The molecule has 0 radical (unpaired) electrons. The van der Waals surface area contributed by atoms with Gasteiger partial charge in [-0.2, -0.15) is 0 Å². The lowest BCUT2D eigenvalue weighted by atomic mass is 10.2. The van der Waals surface area contributed by atoms with E-state index in [1.165, 1.54) is 47.4 Å². The van der Waals surface area contributed by atoms with E-state index in [1.807, 2.05) is 24.3 Å². The first-order valence-electron chi connectivity index (χ1n) is 6.88. The van der Waals surface area contributed by atoms with Gasteiger partial charge >= 0.3 is 0 Å². The molecule has 1 N–H and O–H groups in total. The summed E-state index contributed by atoms with van der Waals surface area (Å²) in [7, 11) is 0. The number of aromatic nitrogens is 2. The van der Waals surface area contributed by atoms with Crippen molar-refractivity contribution >= 4 is 45.7 Å². The van der Waals surface area contributed by atoms with Crippen LogP contribution in [0.1, 0.15) is 15.9 Å². The third kappa shape index (κ3) is 4.53. The summed E-state index contributed by atoms with van der Waals surface area (Å²) in [5.41, 5.74) is 1.48. The van der Waals surface area contributed by atoms with Crippen LogP contribution in [0.4, 0.5) is 9.52 Å². The molecular weight excluding hydrogens is 369 g/mol. The number of nitrogens with zero attached hydrogens (tertiary/aromatic N) is 2. The Labute approximate surface area is 151 Å². The highest BCUT2D eigenvalue weighted by Crippen LogP contribution is 2.28. The van der Waals surface area contributed by atoms with E-state index in [4.69, 9.17) is 11.6 Å². The quantitative estimate of drug-likeness (QED) is 0.507. The zero-order chi connectivity index (χ0) is 16.9. The van der Waals surface area contributed by atoms with Gasteiger partial charge in [-0.05, 0) is 42.0 Å². The average molecular weight is 380 g/mol. The molecule has 0 saturated heterocycles. The fraction of sp³-hybridized carbons (Fsp3) is 0.0625. The number of carbonyl (C=O) groups is 1. The molecule has 0 fully saturated rings. The summed E-state index contributed by atoms with van der Waals surface area (Å²) in [6.07, 6.45) is 0. The van der Waals surface area contributed by atoms with E-state index < -0.39 is 0 Å². The van der Waals surface area contributed by atoms with Gasteiger partial charge in [0.25, 0.3) is 5.91 Å². The topological polar surface area (TPSA) is 54.9 Å². The molecule has 0 spiro atoms. The zero-order valence-corrected chi connectivity index (χ0v) is 14.6. The van der Waals surface area contributed by atoms with Crippen molar-refractivity contribution in [3.05, 3.63) is 70.5 Å². The van der Waals surface area contributed by atoms with Crippen molar-refractivity contribution in [1.29, 1.82) is 0 Å². The van der Waals surface area contributed by atoms with Gasteiger partial charge in [0, 0.05) is 16.3 Å². The van der Waals surface area contributed by atoms with Crippen LogP contribution in [0.5, 0.6) is 0 Å². The predicted molar refractivity (Wildman–Crippen MR) is 95.3 cm³/mol. The van der Waals surface area contributed by atoms with Crippen molar-refractivity contribution in [2.24, 2.45) is 0 Å². The Bertz CT molecular complexity index is 837. The Morgan fingerprint density at radius 3 is 2.54 bits per heavy atom. The minimum Gasteiger partial charge on any atom is -0.296 e. The summed E-state index contributed by atoms with van der Waals surface area (Å²) in [5, 5.41) is 11.7. The van der Waals surface area contributed by atoms with Gasteiger partial charge in [0.2, 0.25) is 5.13 Å². The molecule has 1 aromatic heterocycles. The molecule has 0 bridgehead atoms. The van der Waals surface area contributed by atoms with Crippen molar-refractivity contribution in [2.45, 2.75) is 10.1 Å². The number of halogens is 2. The molecular formula is C16H11ClFN3OS2. The maximum absolute atomic E-state index is 12.9. The number of thioether (sulfide) groups is 1. The first kappa shape index (κ1) is 16.9. The van der Waals surface area contributed by atoms with E-state index in [0.717, 1.165) is 15.7 Å². The van der Waals surface area contributed by atoms with Gasteiger partial charge in [-0.3, -0.25) is 10.1 Å². The van der Waals surface area contributed by atoms with E-state index in [-0.39, 0.29) is 11.7 Å². The fourth-order valence-corrected chi connectivity index (χ4v) is 3.64. The van der Waals surface area contributed by atoms with Gasteiger partial charge in [-0.1, -0.05) is 46.8 Å². The van der Waals surface area contributed by atoms with E-state index in [1.54, 1.807) is 0 Å². The molecule has 122 valence electrons. The molecule has 0 aliphatic rings. The first-order chi connectivity index (χ1) is 11.6. The second kappa shape index (κ2) is 7.74. The predicted octanol–water partition coefficient (Wildman–Crippen LogP) is 4.88. The molecule has 3 aromatic rings. The second-order valence-corrected chi connectivity index (χ2v) is 7.39. The molecule has 0 atom stereocenters. The van der Waals surface area contributed by atoms with Gasteiger partial charge in [0.1, 0.15) is 5.82 Å². The maximum atomic E-state index is 12.9. The number of benzene rings is 2. The SMILES string of the molecule is O=C(Nc1nnc(SCc2ccc(Cl)cc2)s1)c1ccc(F)cc1. The highest BCUT2D eigenvalue weighted by molar-refractivity contribution is 8.00. The van der Waals surface area contributed by atoms with Crippen LogP contribution in [0, 0.1) is 5.82 Å². The number of hydrogen-bond acceptors (Lipinski definition) is 5. The molecule has 0 aliphatic carbocycles. The summed E-state index contributed by atoms with van der Waals surface area (Å²) < 4.78 is 13.6. The normalized spacial score (nSPS) is 10.6. The third-order valence-corrected chi connectivity index (χ3v) is 5.30. The van der Waals surface area contributed by atoms with E-state index in [9.17, 15) is 9.18 Å². The van der Waals surface area contributed by atoms with Crippen LogP contribution in [-0.2, 0) is 5.75 Å². The highest BCUT2D eigenvalue weighted by atomic mass is 35.5. The van der Waals surface area contributed by atoms with Crippen molar-refractivity contribution in [3.8, 4) is 0 Å². The largest absolute Gasteiger partial charge is 0.296 e. The van der Waals surface area contributed by atoms with Crippen LogP contribution in [0.25, 0.3) is 0 Å². The Hall–Kier alpha value is -1.96. The van der Waals surface area contributed by atoms with Crippen LogP contribution < -0.4 is 5.32 Å². The minimum absolute atomic E-state index is 0.347. The van der Waals surface area contributed by atoms with Gasteiger partial charge in [-0.25, -0.2) is 4.39 Å². The van der Waals surface area contributed by atoms with Crippen LogP contribution in [-0.4, -0.2) is 16.1 Å². The lowest BCUT2D eigenvalue weighted by Gasteiger charge is -2.00. The van der Waals surface area contributed by atoms with E-state index in [0.29, 0.717) is 15.7 Å². The van der Waals surface area contributed by atoms with Gasteiger partial charge in [0.15, 0.2) is 4.34 Å². The Kier molecular flexibility index (Phi) is 5.44. The molecule has 1 amide bonds. The maximum Gasteiger partial charge on any atom is 0.257 e. The fourth-order valence-electron chi connectivity index (χ4n) is 1.81. The summed E-state index contributed by atoms with van der Waals surface area (Å²) in [5.74, 6) is 0.00120. The monoisotopic (exact) mass is 379 g/mol. The number of carbonyl (C=O) groups excluding carboxylic acids is 1. The van der Waals surface area contributed by atoms with Gasteiger partial charge in [0.05, 0.1) is 0 Å². The molecule has 2 aromatic carbocycles. The molecule has 3 rings (SSSR count). The van der Waals surface area contributed by atoms with Crippen molar-refractivity contribution < 1.29 is 9.18 Å². The Morgan fingerprint density at radius 1 is 1.12 bits per heavy atom. The van der Waals surface area contributed by atoms with Crippen molar-refractivity contribution in [3.63, 3.8) is 0 Å². The number of nitrogens with one attached hydrogen (secondary N) is 1. The van der Waals surface area contributed by atoms with Crippen LogP contribution >= 0.6 is 34.7 Å². The number of anilines is 1. The van der Waals surface area contributed by atoms with E-state index in [2.05, 4.69) is 15.5 Å². The zero-order valence-electron chi connectivity index (χ0n) is 12.2. The van der Waals surface area contributed by atoms with Crippen LogP contribution in [0.3, 0.4) is 0 Å². The number of hydrogen-bond donors (Lipinski definition) is 1. The molecule has 8 heteroatoms. The lowest BCUT2D eigenvalue weighted by molar-refractivity contribution is 0.102. The minimum atomic E-state index is -0.386. The average Bonchev–Trinajstić information content (AvgIpc) is 3.02. The van der Waals surface area contributed by atoms with Crippen LogP contribution in [0.15, 0.2) is 52.9 Å². The summed E-state index contributed by atoms with van der Waals surface area (Å²) >= 11 is 8.67. The standard InChI is InChI=1S/C16H11ClFN3OS2/c17-12-5-1-10(2-6-12)9-23-16-21-20-15(24-16)19-14(22)11-3-7-13(18)8-4-11/h1-8H,9H2,(H,19,20,22). The lowest BCUT2D eigenvalue weighted by Crippen LogP contribution is -2.11. The first-order valence-corrected chi connectivity index (χ1v) is 9.06. The Morgan fingerprint density at radius 2 is 1.83 bits per heavy atom. The summed E-state index contributed by atoms with van der Waals surface area (Å²) in [4.78, 5) is 12.0. The Balaban J connectivity index is 1.58. The molecule has 1 heterocycles. The molecule has 0 saturated carbocycles. The molecule has 0 aliphatic heterocycles. The number of amides is 1. The van der Waals surface area contributed by atoms with Crippen molar-refractivity contribution in [1.82, 2.24) is 10.2 Å². The van der Waals surface area contributed by atoms with Crippen molar-refractivity contribution in [2.75, 3.05) is 5.32 Å². The second-order valence-electron chi connectivity index (χ2n) is 4.75. The summed E-state index contributed by atoms with van der Waals surface area (Å²) in [6, 6.07) is 12.9. The molecule has 0 unspecified atom stereocenters. The molecule has 24 heavy (non-hydrogen) atoms. The van der Waals surface area contributed by atoms with E-state index >= 15 is 0 Å².